The summed E-state index contributed by atoms with van der Waals surface area (Å²) in [5.41, 5.74) is 4.17. The minimum absolute atomic E-state index is 0.000000000000000666. The molecule has 2 unspecified atom stereocenters. The molecule has 0 spiro atoms. The van der Waals surface area contributed by atoms with Gasteiger partial charge >= 0.3 is 0 Å². The highest BCUT2D eigenvalue weighted by molar-refractivity contribution is 6.06. The van der Waals surface area contributed by atoms with Gasteiger partial charge in [0.2, 0.25) is 5.91 Å². The van der Waals surface area contributed by atoms with Gasteiger partial charge in [-0.05, 0) is 25.7 Å². The fourth-order valence-electron chi connectivity index (χ4n) is 1.68. The molecule has 0 aromatic carbocycles. The van der Waals surface area contributed by atoms with Gasteiger partial charge in [-0.2, -0.15) is 0 Å². The normalized spacial score (nSPS) is 32.8. The van der Waals surface area contributed by atoms with E-state index in [0.717, 1.165) is 0 Å². The average molecular weight is 183 g/mol. The van der Waals surface area contributed by atoms with Gasteiger partial charge in [-0.1, -0.05) is 13.8 Å². The molecule has 1 aliphatic carbocycles. The number of Topliss-reactive ketones (excluding diaryl/α,β-unsaturated/α-hetero) is 1. The van der Waals surface area contributed by atoms with Crippen LogP contribution in [0.25, 0.3) is 0 Å². The first kappa shape index (κ1) is 10.2. The summed E-state index contributed by atoms with van der Waals surface area (Å²) in [5, 5.41) is 0. The van der Waals surface area contributed by atoms with E-state index in [1.165, 1.54) is 0 Å². The van der Waals surface area contributed by atoms with E-state index >= 15 is 0 Å². The van der Waals surface area contributed by atoms with Crippen molar-refractivity contribution in [2.45, 2.75) is 27.7 Å². The zero-order valence-corrected chi connectivity index (χ0v) is 8.63. The van der Waals surface area contributed by atoms with E-state index in [-0.39, 0.29) is 11.7 Å². The van der Waals surface area contributed by atoms with Crippen molar-refractivity contribution in [3.05, 3.63) is 0 Å². The number of carbonyl (C=O) groups is 2. The van der Waals surface area contributed by atoms with Crippen molar-refractivity contribution in [2.75, 3.05) is 0 Å². The van der Waals surface area contributed by atoms with Crippen molar-refractivity contribution < 1.29 is 9.59 Å². The van der Waals surface area contributed by atoms with Gasteiger partial charge in [-0.3, -0.25) is 9.59 Å². The first-order valence-corrected chi connectivity index (χ1v) is 4.64. The fraction of sp³-hybridized carbons (Fsp3) is 0.800. The Morgan fingerprint density at radius 2 is 1.54 bits per heavy atom. The topological polar surface area (TPSA) is 60.2 Å². The van der Waals surface area contributed by atoms with E-state index in [1.54, 1.807) is 13.8 Å². The Balaban J connectivity index is 2.74. The van der Waals surface area contributed by atoms with Gasteiger partial charge in [0.05, 0.1) is 0 Å². The lowest BCUT2D eigenvalue weighted by Gasteiger charge is -2.18. The predicted molar refractivity (Wildman–Crippen MR) is 49.8 cm³/mol. The third-order valence-electron chi connectivity index (χ3n) is 3.36. The zero-order chi connectivity index (χ0) is 10.4. The monoisotopic (exact) mass is 183 g/mol. The van der Waals surface area contributed by atoms with Gasteiger partial charge in [-0.15, -0.1) is 0 Å². The molecule has 74 valence electrons. The molecule has 13 heavy (non-hydrogen) atoms. The van der Waals surface area contributed by atoms with Crippen molar-refractivity contribution in [1.82, 2.24) is 0 Å². The van der Waals surface area contributed by atoms with Gasteiger partial charge < -0.3 is 5.73 Å². The van der Waals surface area contributed by atoms with Crippen LogP contribution in [-0.4, -0.2) is 11.7 Å². The second-order valence-corrected chi connectivity index (χ2v) is 4.60. The van der Waals surface area contributed by atoms with Crippen LogP contribution in [0.4, 0.5) is 0 Å². The molecule has 1 fully saturated rings. The molecule has 1 aliphatic rings. The summed E-state index contributed by atoms with van der Waals surface area (Å²) in [6.07, 6.45) is 0. The molecule has 3 nitrogen and oxygen atoms in total. The maximum absolute atomic E-state index is 11.8. The highest BCUT2D eigenvalue weighted by atomic mass is 16.2. The Bertz CT molecular complexity index is 250. The first-order valence-electron chi connectivity index (χ1n) is 4.64. The van der Waals surface area contributed by atoms with E-state index in [9.17, 15) is 9.59 Å². The van der Waals surface area contributed by atoms with Crippen molar-refractivity contribution in [1.29, 1.82) is 0 Å². The number of hydrogen-bond acceptors (Lipinski definition) is 2. The minimum atomic E-state index is -0.996. The summed E-state index contributed by atoms with van der Waals surface area (Å²) < 4.78 is 0. The van der Waals surface area contributed by atoms with Crippen LogP contribution < -0.4 is 5.73 Å². The summed E-state index contributed by atoms with van der Waals surface area (Å²) in [7, 11) is 0. The lowest BCUT2D eigenvalue weighted by molar-refractivity contribution is -0.139. The standard InChI is InChI=1S/C10H17NO2/c1-5-6(2)7(5)8(12)10(3,4)9(11)13/h5-7H,1-4H3,(H2,11,13). The molecule has 0 bridgehead atoms. The largest absolute Gasteiger partial charge is 0.369 e. The average Bonchev–Trinajstić information content (AvgIpc) is 2.58. The fourth-order valence-corrected chi connectivity index (χ4v) is 1.68. The van der Waals surface area contributed by atoms with E-state index < -0.39 is 11.3 Å². The first-order chi connectivity index (χ1) is 5.80. The van der Waals surface area contributed by atoms with Crippen LogP contribution in [0.2, 0.25) is 0 Å². The maximum atomic E-state index is 11.8. The number of hydrogen-bond donors (Lipinski definition) is 1. The molecule has 0 aromatic rings. The van der Waals surface area contributed by atoms with Crippen LogP contribution in [0.3, 0.4) is 0 Å². The lowest BCUT2D eigenvalue weighted by atomic mass is 9.84. The lowest BCUT2D eigenvalue weighted by Crippen LogP contribution is -2.40. The summed E-state index contributed by atoms with van der Waals surface area (Å²) in [6, 6.07) is 0. The Labute approximate surface area is 78.7 Å². The molecule has 0 aliphatic heterocycles. The van der Waals surface area contributed by atoms with Crippen molar-refractivity contribution in [3.8, 4) is 0 Å². The third kappa shape index (κ3) is 1.47. The van der Waals surface area contributed by atoms with Crippen LogP contribution in [-0.2, 0) is 9.59 Å². The molecule has 1 rings (SSSR count). The second kappa shape index (κ2) is 2.82. The minimum Gasteiger partial charge on any atom is -0.369 e. The molecular formula is C10H17NO2. The third-order valence-corrected chi connectivity index (χ3v) is 3.36. The van der Waals surface area contributed by atoms with Crippen molar-refractivity contribution in [2.24, 2.45) is 28.9 Å². The second-order valence-electron chi connectivity index (χ2n) is 4.60. The molecule has 0 heterocycles. The Kier molecular flexibility index (Phi) is 2.22. The number of ketones is 1. The van der Waals surface area contributed by atoms with E-state index in [1.807, 2.05) is 13.8 Å². The van der Waals surface area contributed by atoms with Crippen LogP contribution in [0, 0.1) is 23.2 Å². The molecule has 2 atom stereocenters. The van der Waals surface area contributed by atoms with E-state index in [2.05, 4.69) is 0 Å². The highest BCUT2D eigenvalue weighted by Crippen LogP contribution is 2.49. The molecule has 1 amide bonds. The van der Waals surface area contributed by atoms with E-state index in [0.29, 0.717) is 11.8 Å². The van der Waals surface area contributed by atoms with Gasteiger partial charge in [0.25, 0.3) is 0 Å². The van der Waals surface area contributed by atoms with Gasteiger partial charge in [0.1, 0.15) is 5.41 Å². The SMILES string of the molecule is CC1C(C)C1C(=O)C(C)(C)C(N)=O. The van der Waals surface area contributed by atoms with Gasteiger partial charge in [0.15, 0.2) is 5.78 Å². The van der Waals surface area contributed by atoms with Gasteiger partial charge in [0, 0.05) is 5.92 Å². The van der Waals surface area contributed by atoms with Crippen LogP contribution in [0.15, 0.2) is 0 Å². The maximum Gasteiger partial charge on any atom is 0.230 e. The molecule has 3 heteroatoms. The number of primary amides is 1. The number of carbonyl (C=O) groups excluding carboxylic acids is 2. The molecule has 1 saturated carbocycles. The van der Waals surface area contributed by atoms with Crippen LogP contribution in [0.5, 0.6) is 0 Å². The number of nitrogens with two attached hydrogens (primary N) is 1. The summed E-state index contributed by atoms with van der Waals surface area (Å²) >= 11 is 0. The van der Waals surface area contributed by atoms with Gasteiger partial charge in [-0.25, -0.2) is 0 Å². The number of rotatable bonds is 3. The van der Waals surface area contributed by atoms with E-state index in [4.69, 9.17) is 5.73 Å². The van der Waals surface area contributed by atoms with Crippen LogP contribution in [0.1, 0.15) is 27.7 Å². The molecule has 2 N–H and O–H groups in total. The summed E-state index contributed by atoms with van der Waals surface area (Å²) in [6.45, 7) is 7.28. The van der Waals surface area contributed by atoms with Crippen molar-refractivity contribution in [3.63, 3.8) is 0 Å². The Hall–Kier alpha value is -0.860. The molecule has 0 radical (unpaired) electrons. The van der Waals surface area contributed by atoms with Crippen molar-refractivity contribution >= 4 is 11.7 Å². The number of amides is 1. The molecule has 0 saturated heterocycles. The zero-order valence-electron chi connectivity index (χ0n) is 8.63. The predicted octanol–water partition coefficient (Wildman–Crippen LogP) is 0.969. The highest BCUT2D eigenvalue weighted by Gasteiger charge is 2.53. The van der Waals surface area contributed by atoms with Crippen LogP contribution >= 0.6 is 0 Å². The molecular weight excluding hydrogens is 166 g/mol. The Morgan fingerprint density at radius 3 is 1.77 bits per heavy atom. The summed E-state index contributed by atoms with van der Waals surface area (Å²) in [5.74, 6) is 0.337. The smallest absolute Gasteiger partial charge is 0.230 e. The molecule has 0 aromatic heterocycles. The summed E-state index contributed by atoms with van der Waals surface area (Å²) in [4.78, 5) is 22.8. The quantitative estimate of drug-likeness (QED) is 0.663. The Morgan fingerprint density at radius 1 is 1.15 bits per heavy atom.